The maximum atomic E-state index is 12.4. The van der Waals surface area contributed by atoms with Gasteiger partial charge in [-0.05, 0) is 36.8 Å². The molecule has 0 saturated carbocycles. The van der Waals surface area contributed by atoms with E-state index < -0.39 is 10.0 Å². The molecule has 0 bridgehead atoms. The Balaban J connectivity index is 1.71. The first-order valence-corrected chi connectivity index (χ1v) is 9.27. The molecule has 0 aliphatic heterocycles. The van der Waals surface area contributed by atoms with Crippen molar-refractivity contribution in [1.29, 1.82) is 0 Å². The number of aromatic nitrogens is 1. The van der Waals surface area contributed by atoms with Crippen molar-refractivity contribution in [1.82, 2.24) is 9.29 Å². The number of aryl methyl sites for hydroxylation is 1. The molecule has 1 N–H and O–H groups in total. The lowest BCUT2D eigenvalue weighted by Crippen LogP contribution is -2.24. The first-order chi connectivity index (χ1) is 11.5. The summed E-state index contributed by atoms with van der Waals surface area (Å²) in [5, 5.41) is 0. The smallest absolute Gasteiger partial charge is 0.240 e. The Labute approximate surface area is 142 Å². The standard InChI is InChI=1S/C19H20N2O2S/c1-16-9-11-19(12-10-16)24(22,23)20-14-18-8-5-13-21(18)15-17-6-3-2-4-7-17/h2-13,20H,14-15H2,1H3. The van der Waals surface area contributed by atoms with Crippen LogP contribution in [0.4, 0.5) is 0 Å². The fourth-order valence-electron chi connectivity index (χ4n) is 2.51. The zero-order chi connectivity index (χ0) is 17.0. The van der Waals surface area contributed by atoms with Gasteiger partial charge in [0.1, 0.15) is 0 Å². The van der Waals surface area contributed by atoms with Gasteiger partial charge in [0.05, 0.1) is 11.4 Å². The third-order valence-electron chi connectivity index (χ3n) is 3.89. The van der Waals surface area contributed by atoms with Crippen LogP contribution >= 0.6 is 0 Å². The average Bonchev–Trinajstić information content (AvgIpc) is 3.02. The topological polar surface area (TPSA) is 51.1 Å². The van der Waals surface area contributed by atoms with Crippen molar-refractivity contribution < 1.29 is 8.42 Å². The number of hydrogen-bond acceptors (Lipinski definition) is 2. The van der Waals surface area contributed by atoms with Crippen LogP contribution in [0.3, 0.4) is 0 Å². The van der Waals surface area contributed by atoms with Crippen LogP contribution in [-0.4, -0.2) is 13.0 Å². The van der Waals surface area contributed by atoms with Crippen LogP contribution in [0.1, 0.15) is 16.8 Å². The lowest BCUT2D eigenvalue weighted by atomic mass is 10.2. The minimum Gasteiger partial charge on any atom is -0.346 e. The van der Waals surface area contributed by atoms with E-state index in [0.29, 0.717) is 0 Å². The first-order valence-electron chi connectivity index (χ1n) is 7.79. The predicted molar refractivity (Wildman–Crippen MR) is 95.2 cm³/mol. The van der Waals surface area contributed by atoms with Crippen molar-refractivity contribution in [2.24, 2.45) is 0 Å². The monoisotopic (exact) mass is 340 g/mol. The van der Waals surface area contributed by atoms with E-state index in [9.17, 15) is 8.42 Å². The molecule has 0 aliphatic rings. The van der Waals surface area contributed by atoms with Crippen LogP contribution < -0.4 is 4.72 Å². The van der Waals surface area contributed by atoms with Gasteiger partial charge in [-0.1, -0.05) is 48.0 Å². The summed E-state index contributed by atoms with van der Waals surface area (Å²) in [6.45, 7) is 2.91. The Bertz CT molecular complexity index is 898. The largest absolute Gasteiger partial charge is 0.346 e. The van der Waals surface area contributed by atoms with Gasteiger partial charge in [-0.25, -0.2) is 13.1 Å². The van der Waals surface area contributed by atoms with Gasteiger partial charge in [-0.15, -0.1) is 0 Å². The highest BCUT2D eigenvalue weighted by Crippen LogP contribution is 2.12. The van der Waals surface area contributed by atoms with E-state index in [4.69, 9.17) is 0 Å². The molecule has 1 aromatic heterocycles. The number of nitrogens with zero attached hydrogens (tertiary/aromatic N) is 1. The van der Waals surface area contributed by atoms with Crippen LogP contribution in [0.2, 0.25) is 0 Å². The third-order valence-corrected chi connectivity index (χ3v) is 5.31. The van der Waals surface area contributed by atoms with Crippen molar-refractivity contribution in [2.75, 3.05) is 0 Å². The van der Waals surface area contributed by atoms with E-state index in [-0.39, 0.29) is 11.4 Å². The molecule has 0 amide bonds. The lowest BCUT2D eigenvalue weighted by molar-refractivity contribution is 0.578. The molecule has 0 unspecified atom stereocenters. The molecule has 0 fully saturated rings. The number of hydrogen-bond donors (Lipinski definition) is 1. The second-order valence-corrected chi connectivity index (χ2v) is 7.52. The molecule has 0 aliphatic carbocycles. The molecule has 5 heteroatoms. The zero-order valence-corrected chi connectivity index (χ0v) is 14.3. The summed E-state index contributed by atoms with van der Waals surface area (Å²) in [6.07, 6.45) is 1.96. The van der Waals surface area contributed by atoms with Gasteiger partial charge >= 0.3 is 0 Å². The van der Waals surface area contributed by atoms with E-state index >= 15 is 0 Å². The quantitative estimate of drug-likeness (QED) is 0.748. The van der Waals surface area contributed by atoms with Gasteiger partial charge in [0, 0.05) is 18.4 Å². The maximum Gasteiger partial charge on any atom is 0.240 e. The summed E-state index contributed by atoms with van der Waals surface area (Å²) in [7, 11) is -3.51. The predicted octanol–water partition coefficient (Wildman–Crippen LogP) is 3.32. The van der Waals surface area contributed by atoms with Gasteiger partial charge in [0.15, 0.2) is 0 Å². The highest BCUT2D eigenvalue weighted by Gasteiger charge is 2.14. The molecule has 24 heavy (non-hydrogen) atoms. The Hall–Kier alpha value is -2.37. The molecule has 0 saturated heterocycles. The molecule has 3 aromatic rings. The van der Waals surface area contributed by atoms with Gasteiger partial charge < -0.3 is 4.57 Å². The SMILES string of the molecule is Cc1ccc(S(=O)(=O)NCc2cccn2Cc2ccccc2)cc1. The number of rotatable bonds is 6. The Morgan fingerprint density at radius 1 is 0.917 bits per heavy atom. The van der Waals surface area contributed by atoms with Crippen LogP contribution in [-0.2, 0) is 23.1 Å². The Morgan fingerprint density at radius 3 is 2.33 bits per heavy atom. The fraction of sp³-hybridized carbons (Fsp3) is 0.158. The second-order valence-electron chi connectivity index (χ2n) is 5.75. The van der Waals surface area contributed by atoms with Crippen LogP contribution in [0.25, 0.3) is 0 Å². The van der Waals surface area contributed by atoms with E-state index in [2.05, 4.69) is 16.9 Å². The zero-order valence-electron chi connectivity index (χ0n) is 13.5. The summed E-state index contributed by atoms with van der Waals surface area (Å²) >= 11 is 0. The normalized spacial score (nSPS) is 11.5. The van der Waals surface area contributed by atoms with E-state index in [1.54, 1.807) is 24.3 Å². The van der Waals surface area contributed by atoms with Crippen LogP contribution in [0.5, 0.6) is 0 Å². The first kappa shape index (κ1) is 16.5. The molecule has 4 nitrogen and oxygen atoms in total. The number of sulfonamides is 1. The molecule has 3 rings (SSSR count). The molecule has 0 atom stereocenters. The molecule has 0 radical (unpaired) electrons. The number of benzene rings is 2. The third kappa shape index (κ3) is 3.93. The van der Waals surface area contributed by atoms with E-state index in [1.807, 2.05) is 48.0 Å². The van der Waals surface area contributed by atoms with E-state index in [0.717, 1.165) is 17.8 Å². The van der Waals surface area contributed by atoms with Crippen molar-refractivity contribution in [3.05, 3.63) is 89.7 Å². The van der Waals surface area contributed by atoms with Gasteiger partial charge in [-0.3, -0.25) is 0 Å². The maximum absolute atomic E-state index is 12.4. The van der Waals surface area contributed by atoms with Crippen molar-refractivity contribution in [3.8, 4) is 0 Å². The average molecular weight is 340 g/mol. The summed E-state index contributed by atoms with van der Waals surface area (Å²) in [4.78, 5) is 0.286. The van der Waals surface area contributed by atoms with Crippen molar-refractivity contribution in [3.63, 3.8) is 0 Å². The summed E-state index contributed by atoms with van der Waals surface area (Å²) in [5.41, 5.74) is 3.14. The number of nitrogens with one attached hydrogen (secondary N) is 1. The van der Waals surface area contributed by atoms with Crippen LogP contribution in [0.15, 0.2) is 77.8 Å². The van der Waals surface area contributed by atoms with Gasteiger partial charge in [0.2, 0.25) is 10.0 Å². The van der Waals surface area contributed by atoms with E-state index in [1.165, 1.54) is 5.56 Å². The highest BCUT2D eigenvalue weighted by atomic mass is 32.2. The summed E-state index contributed by atoms with van der Waals surface area (Å²) in [5.74, 6) is 0. The highest BCUT2D eigenvalue weighted by molar-refractivity contribution is 7.89. The molecule has 1 heterocycles. The van der Waals surface area contributed by atoms with Crippen LogP contribution in [0, 0.1) is 6.92 Å². The fourth-order valence-corrected chi connectivity index (χ4v) is 3.51. The Kier molecular flexibility index (Phi) is 4.83. The molecular formula is C19H20N2O2S. The van der Waals surface area contributed by atoms with Gasteiger partial charge in [0.25, 0.3) is 0 Å². The van der Waals surface area contributed by atoms with Crippen molar-refractivity contribution >= 4 is 10.0 Å². The molecular weight excluding hydrogens is 320 g/mol. The molecule has 124 valence electrons. The van der Waals surface area contributed by atoms with Gasteiger partial charge in [-0.2, -0.15) is 0 Å². The Morgan fingerprint density at radius 2 is 1.62 bits per heavy atom. The minimum absolute atomic E-state index is 0.260. The lowest BCUT2D eigenvalue weighted by Gasteiger charge is -2.11. The summed E-state index contributed by atoms with van der Waals surface area (Å²) in [6, 6.07) is 20.8. The second kappa shape index (κ2) is 7.03. The molecule has 0 spiro atoms. The van der Waals surface area contributed by atoms with Crippen molar-refractivity contribution in [2.45, 2.75) is 24.9 Å². The summed E-state index contributed by atoms with van der Waals surface area (Å²) < 4.78 is 29.5. The molecule has 2 aromatic carbocycles. The minimum atomic E-state index is -3.51.